The number of anilines is 1. The maximum absolute atomic E-state index is 13.1. The molecule has 6 heteroatoms. The van der Waals surface area contributed by atoms with Crippen LogP contribution in [0.1, 0.15) is 11.3 Å². The number of nitrogens with zero attached hydrogens (tertiary/aromatic N) is 2. The van der Waals surface area contributed by atoms with E-state index < -0.39 is 0 Å². The number of ether oxygens (including phenoxy) is 1. The predicted octanol–water partition coefficient (Wildman–Crippen LogP) is 4.89. The van der Waals surface area contributed by atoms with Crippen molar-refractivity contribution in [2.45, 2.75) is 0 Å². The van der Waals surface area contributed by atoms with Gasteiger partial charge in [0.15, 0.2) is 5.84 Å². The summed E-state index contributed by atoms with van der Waals surface area (Å²) >= 11 is 3.43. The van der Waals surface area contributed by atoms with Crippen molar-refractivity contribution in [3.05, 3.63) is 88.4 Å². The van der Waals surface area contributed by atoms with E-state index in [2.05, 4.69) is 20.9 Å². The number of hydrogen-bond acceptors (Lipinski definition) is 4. The molecule has 0 radical (unpaired) electrons. The average molecular weight is 423 g/mol. The van der Waals surface area contributed by atoms with Gasteiger partial charge in [-0.05, 0) is 48.5 Å². The molecule has 4 rings (SSSR count). The Labute approximate surface area is 164 Å². The molecule has 0 spiro atoms. The smallest absolute Gasteiger partial charge is 0.282 e. The second-order valence-electron chi connectivity index (χ2n) is 5.80. The lowest BCUT2D eigenvalue weighted by molar-refractivity contribution is -0.113. The van der Waals surface area contributed by atoms with E-state index in [1.807, 2.05) is 48.5 Å². The molecular formula is C21H15BrN2O3. The number of para-hydroxylation sites is 1. The van der Waals surface area contributed by atoms with Crippen LogP contribution in [0.4, 0.5) is 5.69 Å². The number of carbonyl (C=O) groups excluding carboxylic acids is 1. The highest BCUT2D eigenvalue weighted by Gasteiger charge is 2.34. The molecule has 0 saturated carbocycles. The summed E-state index contributed by atoms with van der Waals surface area (Å²) in [5, 5.41) is 0. The largest absolute Gasteiger partial charge is 0.496 e. The Morgan fingerprint density at radius 3 is 2.56 bits per heavy atom. The van der Waals surface area contributed by atoms with Gasteiger partial charge in [-0.1, -0.05) is 28.1 Å². The Balaban J connectivity index is 1.86. The van der Waals surface area contributed by atoms with E-state index in [0.29, 0.717) is 23.0 Å². The molecule has 0 unspecified atom stereocenters. The number of rotatable bonds is 4. The number of halogens is 1. The fourth-order valence-corrected chi connectivity index (χ4v) is 3.13. The van der Waals surface area contributed by atoms with E-state index in [4.69, 9.17) is 9.15 Å². The number of benzene rings is 2. The molecule has 27 heavy (non-hydrogen) atoms. The van der Waals surface area contributed by atoms with Crippen molar-refractivity contribution in [3.63, 3.8) is 0 Å². The Morgan fingerprint density at radius 2 is 1.85 bits per heavy atom. The van der Waals surface area contributed by atoms with Crippen LogP contribution < -0.4 is 9.64 Å². The van der Waals surface area contributed by atoms with Crippen LogP contribution in [-0.2, 0) is 4.79 Å². The molecule has 1 aliphatic rings. The molecule has 3 aromatic rings. The second kappa shape index (κ2) is 7.25. The van der Waals surface area contributed by atoms with Gasteiger partial charge in [0.2, 0.25) is 0 Å². The SMILES string of the molecule is COc1ccccc1C1=N/C(=C/c2ccco2)C(=O)N1c1ccc(Br)cc1. The maximum atomic E-state index is 13.1. The van der Waals surface area contributed by atoms with Gasteiger partial charge in [0.1, 0.15) is 17.2 Å². The first-order valence-corrected chi connectivity index (χ1v) is 9.04. The molecule has 1 aliphatic heterocycles. The highest BCUT2D eigenvalue weighted by molar-refractivity contribution is 9.10. The van der Waals surface area contributed by atoms with E-state index in [1.54, 1.807) is 36.5 Å². The van der Waals surface area contributed by atoms with Gasteiger partial charge in [0, 0.05) is 10.5 Å². The summed E-state index contributed by atoms with van der Waals surface area (Å²) in [6.07, 6.45) is 3.19. The monoisotopic (exact) mass is 422 g/mol. The molecule has 0 fully saturated rings. The zero-order valence-electron chi connectivity index (χ0n) is 14.4. The molecule has 0 bridgehead atoms. The molecular weight excluding hydrogens is 408 g/mol. The summed E-state index contributed by atoms with van der Waals surface area (Å²) in [6.45, 7) is 0. The van der Waals surface area contributed by atoms with Gasteiger partial charge in [0.05, 0.1) is 24.6 Å². The Kier molecular flexibility index (Phi) is 4.64. The minimum absolute atomic E-state index is 0.227. The fourth-order valence-electron chi connectivity index (χ4n) is 2.86. The molecule has 0 atom stereocenters. The minimum atomic E-state index is -0.227. The highest BCUT2D eigenvalue weighted by atomic mass is 79.9. The van der Waals surface area contributed by atoms with Crippen molar-refractivity contribution in [2.24, 2.45) is 4.99 Å². The fraction of sp³-hybridized carbons (Fsp3) is 0.0476. The molecule has 0 aliphatic carbocycles. The van der Waals surface area contributed by atoms with Crippen LogP contribution in [0, 0.1) is 0 Å². The Bertz CT molecular complexity index is 1040. The number of amidine groups is 1. The van der Waals surface area contributed by atoms with Crippen LogP contribution >= 0.6 is 15.9 Å². The van der Waals surface area contributed by atoms with E-state index >= 15 is 0 Å². The number of furan rings is 1. The molecule has 134 valence electrons. The first-order valence-electron chi connectivity index (χ1n) is 8.24. The van der Waals surface area contributed by atoms with Gasteiger partial charge in [-0.3, -0.25) is 9.69 Å². The van der Waals surface area contributed by atoms with Crippen LogP contribution in [0.25, 0.3) is 6.08 Å². The normalized spacial score (nSPS) is 15.3. The number of carbonyl (C=O) groups is 1. The van der Waals surface area contributed by atoms with Crippen LogP contribution in [-0.4, -0.2) is 18.9 Å². The van der Waals surface area contributed by atoms with Crippen LogP contribution in [0.3, 0.4) is 0 Å². The van der Waals surface area contributed by atoms with Crippen LogP contribution in [0.5, 0.6) is 5.75 Å². The van der Waals surface area contributed by atoms with Crippen molar-refractivity contribution in [1.29, 1.82) is 0 Å². The third-order valence-corrected chi connectivity index (χ3v) is 4.64. The minimum Gasteiger partial charge on any atom is -0.496 e. The van der Waals surface area contributed by atoms with Crippen molar-refractivity contribution >= 4 is 39.4 Å². The van der Waals surface area contributed by atoms with Gasteiger partial charge < -0.3 is 9.15 Å². The lowest BCUT2D eigenvalue weighted by Gasteiger charge is -2.20. The van der Waals surface area contributed by atoms with Crippen molar-refractivity contribution in [1.82, 2.24) is 0 Å². The summed E-state index contributed by atoms with van der Waals surface area (Å²) in [6, 6.07) is 18.5. The summed E-state index contributed by atoms with van der Waals surface area (Å²) in [5.41, 5.74) is 1.75. The predicted molar refractivity (Wildman–Crippen MR) is 108 cm³/mol. The number of hydrogen-bond donors (Lipinski definition) is 0. The highest BCUT2D eigenvalue weighted by Crippen LogP contribution is 2.31. The summed E-state index contributed by atoms with van der Waals surface area (Å²) in [5.74, 6) is 1.50. The van der Waals surface area contributed by atoms with Crippen LogP contribution in [0.15, 0.2) is 86.5 Å². The van der Waals surface area contributed by atoms with Gasteiger partial charge >= 0.3 is 0 Å². The topological polar surface area (TPSA) is 55.0 Å². The molecule has 2 aromatic carbocycles. The van der Waals surface area contributed by atoms with E-state index in [1.165, 1.54) is 0 Å². The lowest BCUT2D eigenvalue weighted by Crippen LogP contribution is -2.32. The van der Waals surface area contributed by atoms with Gasteiger partial charge in [-0.25, -0.2) is 4.99 Å². The first-order chi connectivity index (χ1) is 13.2. The number of amides is 1. The molecule has 2 heterocycles. The molecule has 0 saturated heterocycles. The lowest BCUT2D eigenvalue weighted by atomic mass is 10.1. The third kappa shape index (κ3) is 3.31. The zero-order chi connectivity index (χ0) is 18.8. The van der Waals surface area contributed by atoms with Gasteiger partial charge in [-0.15, -0.1) is 0 Å². The standard InChI is InChI=1S/C21H15BrN2O3/c1-26-19-7-3-2-6-17(19)20-23-18(13-16-5-4-12-27-16)21(25)24(20)15-10-8-14(22)9-11-15/h2-13H,1H3/b18-13+. The molecule has 1 amide bonds. The number of aliphatic imine (C=N–C) groups is 1. The molecule has 1 aromatic heterocycles. The summed E-state index contributed by atoms with van der Waals surface area (Å²) in [7, 11) is 1.60. The van der Waals surface area contributed by atoms with E-state index in [-0.39, 0.29) is 5.91 Å². The van der Waals surface area contributed by atoms with Crippen LogP contribution in [0.2, 0.25) is 0 Å². The van der Waals surface area contributed by atoms with E-state index in [0.717, 1.165) is 15.7 Å². The maximum Gasteiger partial charge on any atom is 0.282 e. The third-order valence-electron chi connectivity index (χ3n) is 4.12. The Hall–Kier alpha value is -3.12. The molecule has 0 N–H and O–H groups in total. The quantitative estimate of drug-likeness (QED) is 0.562. The summed E-state index contributed by atoms with van der Waals surface area (Å²) in [4.78, 5) is 19.3. The van der Waals surface area contributed by atoms with Crippen molar-refractivity contribution in [2.75, 3.05) is 12.0 Å². The Morgan fingerprint density at radius 1 is 1.07 bits per heavy atom. The van der Waals surface area contributed by atoms with Crippen molar-refractivity contribution < 1.29 is 13.9 Å². The first kappa shape index (κ1) is 17.3. The zero-order valence-corrected chi connectivity index (χ0v) is 16.0. The van der Waals surface area contributed by atoms with E-state index in [9.17, 15) is 4.79 Å². The van der Waals surface area contributed by atoms with Crippen molar-refractivity contribution in [3.8, 4) is 5.75 Å². The number of methoxy groups -OCH3 is 1. The van der Waals surface area contributed by atoms with Gasteiger partial charge in [-0.2, -0.15) is 0 Å². The van der Waals surface area contributed by atoms with Gasteiger partial charge in [0.25, 0.3) is 5.91 Å². The second-order valence-corrected chi connectivity index (χ2v) is 6.71. The average Bonchev–Trinajstić information content (AvgIpc) is 3.31. The molecule has 5 nitrogen and oxygen atoms in total. The summed E-state index contributed by atoms with van der Waals surface area (Å²) < 4.78 is 11.7.